The Morgan fingerprint density at radius 1 is 1.50 bits per heavy atom. The first-order valence-corrected chi connectivity index (χ1v) is 6.29. The van der Waals surface area contributed by atoms with Crippen LogP contribution in [0.1, 0.15) is 12.5 Å². The van der Waals surface area contributed by atoms with Gasteiger partial charge in [0.25, 0.3) is 0 Å². The van der Waals surface area contributed by atoms with Gasteiger partial charge in [0.1, 0.15) is 5.82 Å². The fraction of sp³-hybridized carbons (Fsp3) is 0.400. The summed E-state index contributed by atoms with van der Waals surface area (Å²) in [6.45, 7) is 2.74. The first-order valence-electron chi connectivity index (χ1n) is 4.37. The third-order valence-corrected chi connectivity index (χ3v) is 3.76. The Hall–Kier alpha value is 0.0700. The lowest BCUT2D eigenvalue weighted by molar-refractivity contribution is 0.585. The molecule has 0 aliphatic heterocycles. The van der Waals surface area contributed by atoms with Crippen LogP contribution in [0.3, 0.4) is 0 Å². The smallest absolute Gasteiger partial charge is 0.137 e. The molecular weight excluding hydrogens is 313 g/mol. The minimum atomic E-state index is -0.212. The van der Waals surface area contributed by atoms with Gasteiger partial charge in [-0.1, -0.05) is 28.1 Å². The second-order valence-corrected chi connectivity index (χ2v) is 4.59. The molecule has 0 bridgehead atoms. The van der Waals surface area contributed by atoms with Gasteiger partial charge in [0, 0.05) is 17.9 Å². The third kappa shape index (κ3) is 3.33. The Morgan fingerprint density at radius 3 is 2.86 bits per heavy atom. The molecule has 0 saturated heterocycles. The normalized spacial score (nSPS) is 12.9. The van der Waals surface area contributed by atoms with Crippen molar-refractivity contribution in [3.8, 4) is 0 Å². The third-order valence-electron chi connectivity index (χ3n) is 1.90. The van der Waals surface area contributed by atoms with E-state index in [1.54, 1.807) is 6.07 Å². The minimum Gasteiger partial charge on any atom is -0.309 e. The van der Waals surface area contributed by atoms with E-state index in [1.807, 2.05) is 6.07 Å². The van der Waals surface area contributed by atoms with Crippen molar-refractivity contribution in [1.82, 2.24) is 5.32 Å². The molecule has 0 fully saturated rings. The number of halogens is 3. The van der Waals surface area contributed by atoms with E-state index in [0.717, 1.165) is 10.9 Å². The topological polar surface area (TPSA) is 12.0 Å². The molecule has 1 rings (SSSR count). The van der Waals surface area contributed by atoms with Gasteiger partial charge < -0.3 is 5.32 Å². The molecule has 1 nitrogen and oxygen atoms in total. The zero-order valence-corrected chi connectivity index (χ0v) is 11.0. The van der Waals surface area contributed by atoms with Crippen molar-refractivity contribution in [2.24, 2.45) is 0 Å². The van der Waals surface area contributed by atoms with Crippen LogP contribution < -0.4 is 5.32 Å². The highest BCUT2D eigenvalue weighted by Gasteiger charge is 2.05. The van der Waals surface area contributed by atoms with E-state index in [-0.39, 0.29) is 5.82 Å². The van der Waals surface area contributed by atoms with Gasteiger partial charge >= 0.3 is 0 Å². The maximum absolute atomic E-state index is 13.1. The molecule has 1 N–H and O–H groups in total. The maximum Gasteiger partial charge on any atom is 0.137 e. The second-order valence-electron chi connectivity index (χ2n) is 3.15. The fourth-order valence-electron chi connectivity index (χ4n) is 1.02. The van der Waals surface area contributed by atoms with Crippen molar-refractivity contribution in [2.45, 2.75) is 19.5 Å². The van der Waals surface area contributed by atoms with Crippen molar-refractivity contribution in [3.63, 3.8) is 0 Å². The Labute approximate surface area is 100 Å². The molecule has 1 aromatic rings. The van der Waals surface area contributed by atoms with E-state index in [2.05, 4.69) is 44.1 Å². The molecule has 0 spiro atoms. The highest BCUT2D eigenvalue weighted by atomic mass is 79.9. The van der Waals surface area contributed by atoms with Crippen molar-refractivity contribution in [1.29, 1.82) is 0 Å². The summed E-state index contributed by atoms with van der Waals surface area (Å²) in [5.74, 6) is -0.212. The molecule has 0 saturated carbocycles. The summed E-state index contributed by atoms with van der Waals surface area (Å²) in [4.78, 5) is 0. The Kier molecular flexibility index (Phi) is 5.06. The molecule has 14 heavy (non-hydrogen) atoms. The Morgan fingerprint density at radius 2 is 2.21 bits per heavy atom. The summed E-state index contributed by atoms with van der Waals surface area (Å²) in [6.07, 6.45) is 0. The quantitative estimate of drug-likeness (QED) is 0.836. The van der Waals surface area contributed by atoms with Crippen LogP contribution in [0.15, 0.2) is 22.7 Å². The number of rotatable bonds is 4. The lowest BCUT2D eigenvalue weighted by Crippen LogP contribution is -2.26. The molecule has 0 heterocycles. The Bertz CT molecular complexity index is 304. The lowest BCUT2D eigenvalue weighted by atomic mass is 10.2. The number of alkyl halides is 1. The SMILES string of the molecule is CC(CBr)NCc1cccc(F)c1Br. The zero-order valence-electron chi connectivity index (χ0n) is 7.86. The van der Waals surface area contributed by atoms with Crippen molar-refractivity contribution >= 4 is 31.9 Å². The molecule has 0 aliphatic carbocycles. The first-order chi connectivity index (χ1) is 6.65. The Balaban J connectivity index is 2.63. The van der Waals surface area contributed by atoms with Crippen LogP contribution in [0, 0.1) is 5.82 Å². The van der Waals surface area contributed by atoms with Gasteiger partial charge in [0.2, 0.25) is 0 Å². The average Bonchev–Trinajstić information content (AvgIpc) is 2.20. The van der Waals surface area contributed by atoms with E-state index in [0.29, 0.717) is 17.1 Å². The number of hydrogen-bond acceptors (Lipinski definition) is 1. The summed E-state index contributed by atoms with van der Waals surface area (Å²) >= 11 is 6.60. The molecule has 78 valence electrons. The fourth-order valence-corrected chi connectivity index (χ4v) is 1.66. The predicted octanol–water partition coefficient (Wildman–Crippen LogP) is 3.46. The van der Waals surface area contributed by atoms with Gasteiger partial charge in [-0.15, -0.1) is 0 Å². The van der Waals surface area contributed by atoms with Crippen LogP contribution in [0.4, 0.5) is 4.39 Å². The number of hydrogen-bond donors (Lipinski definition) is 1. The van der Waals surface area contributed by atoms with Crippen LogP contribution in [0.5, 0.6) is 0 Å². The van der Waals surface area contributed by atoms with E-state index in [1.165, 1.54) is 6.07 Å². The van der Waals surface area contributed by atoms with Crippen LogP contribution in [0.25, 0.3) is 0 Å². The molecule has 1 unspecified atom stereocenters. The molecule has 0 radical (unpaired) electrons. The first kappa shape index (κ1) is 12.1. The van der Waals surface area contributed by atoms with Crippen molar-refractivity contribution < 1.29 is 4.39 Å². The summed E-state index contributed by atoms with van der Waals surface area (Å²) in [5.41, 5.74) is 0.942. The van der Waals surface area contributed by atoms with E-state index >= 15 is 0 Å². The standard InChI is InChI=1S/C10H12Br2FN/c1-7(5-11)14-6-8-3-2-4-9(13)10(8)12/h2-4,7,14H,5-6H2,1H3. The average molecular weight is 325 g/mol. The predicted molar refractivity (Wildman–Crippen MR) is 64.2 cm³/mol. The zero-order chi connectivity index (χ0) is 10.6. The molecule has 0 amide bonds. The highest BCUT2D eigenvalue weighted by Crippen LogP contribution is 2.20. The van der Waals surface area contributed by atoms with Gasteiger partial charge in [0.15, 0.2) is 0 Å². The van der Waals surface area contributed by atoms with E-state index in [9.17, 15) is 4.39 Å². The summed E-state index contributed by atoms with van der Waals surface area (Å²) in [7, 11) is 0. The van der Waals surface area contributed by atoms with Crippen LogP contribution in [-0.4, -0.2) is 11.4 Å². The van der Waals surface area contributed by atoms with E-state index in [4.69, 9.17) is 0 Å². The molecule has 1 atom stereocenters. The van der Waals surface area contributed by atoms with Crippen LogP contribution >= 0.6 is 31.9 Å². The number of nitrogens with one attached hydrogen (secondary N) is 1. The van der Waals surface area contributed by atoms with Gasteiger partial charge in [-0.25, -0.2) is 4.39 Å². The van der Waals surface area contributed by atoms with Crippen molar-refractivity contribution in [3.05, 3.63) is 34.1 Å². The number of benzene rings is 1. The molecule has 0 aromatic heterocycles. The maximum atomic E-state index is 13.1. The highest BCUT2D eigenvalue weighted by molar-refractivity contribution is 9.10. The molecule has 1 aromatic carbocycles. The second kappa shape index (κ2) is 5.83. The van der Waals surface area contributed by atoms with E-state index < -0.39 is 0 Å². The summed E-state index contributed by atoms with van der Waals surface area (Å²) < 4.78 is 13.7. The van der Waals surface area contributed by atoms with Gasteiger partial charge in [-0.2, -0.15) is 0 Å². The minimum absolute atomic E-state index is 0.212. The molecule has 0 aliphatic rings. The summed E-state index contributed by atoms with van der Waals surface area (Å²) in [5, 5.41) is 4.16. The van der Waals surface area contributed by atoms with Gasteiger partial charge in [0.05, 0.1) is 4.47 Å². The molecular formula is C10H12Br2FN. The summed E-state index contributed by atoms with van der Waals surface area (Å²) in [6, 6.07) is 5.45. The van der Waals surface area contributed by atoms with Gasteiger partial charge in [-0.05, 0) is 34.5 Å². The van der Waals surface area contributed by atoms with Crippen LogP contribution in [0.2, 0.25) is 0 Å². The van der Waals surface area contributed by atoms with Crippen LogP contribution in [-0.2, 0) is 6.54 Å². The largest absolute Gasteiger partial charge is 0.309 e. The lowest BCUT2D eigenvalue weighted by Gasteiger charge is -2.11. The molecule has 4 heteroatoms. The van der Waals surface area contributed by atoms with Gasteiger partial charge in [-0.3, -0.25) is 0 Å². The van der Waals surface area contributed by atoms with Crippen molar-refractivity contribution in [2.75, 3.05) is 5.33 Å². The monoisotopic (exact) mass is 323 g/mol.